The largest absolute Gasteiger partial charge is 0.508 e. The third-order valence-corrected chi connectivity index (χ3v) is 4.52. The molecule has 116 valence electrons. The normalized spacial score (nSPS) is 17.4. The fourth-order valence-electron chi connectivity index (χ4n) is 3.36. The maximum absolute atomic E-state index is 9.63. The average molecular weight is 296 g/mol. The second-order valence-electron chi connectivity index (χ2n) is 5.88. The zero-order valence-electron chi connectivity index (χ0n) is 13.2. The van der Waals surface area contributed by atoms with Crippen molar-refractivity contribution in [2.75, 3.05) is 31.1 Å². The third kappa shape index (κ3) is 3.25. The van der Waals surface area contributed by atoms with E-state index in [9.17, 15) is 5.11 Å². The number of nitrogens with zero attached hydrogens (tertiary/aromatic N) is 2. The summed E-state index contributed by atoms with van der Waals surface area (Å²) < 4.78 is 0. The molecule has 1 N–H and O–H groups in total. The molecule has 1 aliphatic heterocycles. The summed E-state index contributed by atoms with van der Waals surface area (Å²) in [7, 11) is 0. The standard InChI is InChI=1S/C19H24N2O/c1-2-19(16-7-4-3-5-8-16)21-13-11-20(12-14-21)17-9-6-10-18(22)15-17/h3-10,15,19,22H,2,11-14H2,1H3. The van der Waals surface area contributed by atoms with E-state index in [1.54, 1.807) is 6.07 Å². The maximum Gasteiger partial charge on any atom is 0.117 e. The summed E-state index contributed by atoms with van der Waals surface area (Å²) in [6, 6.07) is 18.9. The van der Waals surface area contributed by atoms with Crippen molar-refractivity contribution in [2.45, 2.75) is 19.4 Å². The number of benzene rings is 2. The zero-order valence-corrected chi connectivity index (χ0v) is 13.2. The van der Waals surface area contributed by atoms with Crippen LogP contribution in [0.5, 0.6) is 5.75 Å². The van der Waals surface area contributed by atoms with Crippen LogP contribution in [0.3, 0.4) is 0 Å². The lowest BCUT2D eigenvalue weighted by atomic mass is 10.0. The fraction of sp³-hybridized carbons (Fsp3) is 0.368. The highest BCUT2D eigenvalue weighted by Crippen LogP contribution is 2.27. The number of aromatic hydroxyl groups is 1. The van der Waals surface area contributed by atoms with Gasteiger partial charge in [0.1, 0.15) is 5.75 Å². The Morgan fingerprint density at radius 2 is 1.68 bits per heavy atom. The predicted octanol–water partition coefficient (Wildman–Crippen LogP) is 3.67. The molecule has 3 rings (SSSR count). The zero-order chi connectivity index (χ0) is 15.4. The summed E-state index contributed by atoms with van der Waals surface area (Å²) in [5.41, 5.74) is 2.53. The van der Waals surface area contributed by atoms with Gasteiger partial charge in [0.2, 0.25) is 0 Å². The monoisotopic (exact) mass is 296 g/mol. The van der Waals surface area contributed by atoms with Crippen molar-refractivity contribution in [3.8, 4) is 5.75 Å². The number of rotatable bonds is 4. The maximum atomic E-state index is 9.63. The number of phenols is 1. The molecule has 0 aliphatic carbocycles. The molecule has 1 saturated heterocycles. The van der Waals surface area contributed by atoms with E-state index in [2.05, 4.69) is 53.1 Å². The van der Waals surface area contributed by atoms with Crippen molar-refractivity contribution in [3.63, 3.8) is 0 Å². The Morgan fingerprint density at radius 1 is 0.955 bits per heavy atom. The summed E-state index contributed by atoms with van der Waals surface area (Å²) in [5.74, 6) is 0.343. The van der Waals surface area contributed by atoms with Gasteiger partial charge in [-0.25, -0.2) is 0 Å². The molecule has 1 aliphatic rings. The predicted molar refractivity (Wildman–Crippen MR) is 91.4 cm³/mol. The molecule has 2 aromatic rings. The smallest absolute Gasteiger partial charge is 0.117 e. The first-order valence-corrected chi connectivity index (χ1v) is 8.11. The van der Waals surface area contributed by atoms with E-state index >= 15 is 0 Å². The highest BCUT2D eigenvalue weighted by atomic mass is 16.3. The highest BCUT2D eigenvalue weighted by Gasteiger charge is 2.23. The molecule has 0 saturated carbocycles. The second-order valence-corrected chi connectivity index (χ2v) is 5.88. The van der Waals surface area contributed by atoms with Gasteiger partial charge in [0.05, 0.1) is 0 Å². The number of piperazine rings is 1. The van der Waals surface area contributed by atoms with Crippen LogP contribution >= 0.6 is 0 Å². The summed E-state index contributed by atoms with van der Waals surface area (Å²) in [6.07, 6.45) is 1.14. The van der Waals surface area contributed by atoms with Gasteiger partial charge >= 0.3 is 0 Å². The molecule has 0 bridgehead atoms. The first-order chi connectivity index (χ1) is 10.8. The summed E-state index contributed by atoms with van der Waals surface area (Å²) in [4.78, 5) is 4.93. The van der Waals surface area contributed by atoms with E-state index in [4.69, 9.17) is 0 Å². The van der Waals surface area contributed by atoms with Crippen LogP contribution in [0.1, 0.15) is 24.9 Å². The van der Waals surface area contributed by atoms with Crippen LogP contribution in [-0.2, 0) is 0 Å². The quantitative estimate of drug-likeness (QED) is 0.932. The lowest BCUT2D eigenvalue weighted by molar-refractivity contribution is 0.181. The van der Waals surface area contributed by atoms with Gasteiger partial charge in [-0.3, -0.25) is 4.90 Å². The van der Waals surface area contributed by atoms with E-state index in [1.165, 1.54) is 5.56 Å². The van der Waals surface area contributed by atoms with E-state index in [-0.39, 0.29) is 0 Å². The van der Waals surface area contributed by atoms with Crippen LogP contribution in [0.4, 0.5) is 5.69 Å². The highest BCUT2D eigenvalue weighted by molar-refractivity contribution is 5.50. The first kappa shape index (κ1) is 14.9. The summed E-state index contributed by atoms with van der Waals surface area (Å²) >= 11 is 0. The lowest BCUT2D eigenvalue weighted by Crippen LogP contribution is -2.47. The van der Waals surface area contributed by atoms with Crippen molar-refractivity contribution in [1.82, 2.24) is 4.90 Å². The van der Waals surface area contributed by atoms with Crippen LogP contribution in [0.25, 0.3) is 0 Å². The van der Waals surface area contributed by atoms with Gasteiger partial charge < -0.3 is 10.0 Å². The van der Waals surface area contributed by atoms with Gasteiger partial charge in [-0.2, -0.15) is 0 Å². The van der Waals surface area contributed by atoms with Crippen LogP contribution in [-0.4, -0.2) is 36.2 Å². The first-order valence-electron chi connectivity index (χ1n) is 8.11. The van der Waals surface area contributed by atoms with Crippen LogP contribution in [0.15, 0.2) is 54.6 Å². The molecule has 0 aromatic heterocycles. The molecule has 1 atom stereocenters. The molecular formula is C19H24N2O. The van der Waals surface area contributed by atoms with Crippen molar-refractivity contribution < 1.29 is 5.11 Å². The molecule has 0 radical (unpaired) electrons. The van der Waals surface area contributed by atoms with Gasteiger partial charge in [0.15, 0.2) is 0 Å². The second kappa shape index (κ2) is 6.84. The molecule has 3 nitrogen and oxygen atoms in total. The summed E-state index contributed by atoms with van der Waals surface area (Å²) in [5, 5.41) is 9.63. The van der Waals surface area contributed by atoms with Gasteiger partial charge in [-0.15, -0.1) is 0 Å². The third-order valence-electron chi connectivity index (χ3n) is 4.52. The molecule has 22 heavy (non-hydrogen) atoms. The Kier molecular flexibility index (Phi) is 4.64. The van der Waals surface area contributed by atoms with Crippen molar-refractivity contribution in [1.29, 1.82) is 0 Å². The van der Waals surface area contributed by atoms with Crippen LogP contribution in [0, 0.1) is 0 Å². The van der Waals surface area contributed by atoms with Crippen molar-refractivity contribution >= 4 is 5.69 Å². The number of phenolic OH excluding ortho intramolecular Hbond substituents is 1. The molecule has 1 unspecified atom stereocenters. The van der Waals surface area contributed by atoms with Crippen molar-refractivity contribution in [3.05, 3.63) is 60.2 Å². The molecule has 0 amide bonds. The number of hydrogen-bond acceptors (Lipinski definition) is 3. The van der Waals surface area contributed by atoms with Crippen molar-refractivity contribution in [2.24, 2.45) is 0 Å². The minimum atomic E-state index is 0.343. The SMILES string of the molecule is CCC(c1ccccc1)N1CCN(c2cccc(O)c2)CC1. The molecule has 1 heterocycles. The van der Waals surface area contributed by atoms with Gasteiger partial charge in [0, 0.05) is 44.0 Å². The fourth-order valence-corrected chi connectivity index (χ4v) is 3.36. The molecular weight excluding hydrogens is 272 g/mol. The Balaban J connectivity index is 1.66. The minimum Gasteiger partial charge on any atom is -0.508 e. The van der Waals surface area contributed by atoms with Crippen LogP contribution in [0.2, 0.25) is 0 Å². The molecule has 0 spiro atoms. The van der Waals surface area contributed by atoms with E-state index < -0.39 is 0 Å². The van der Waals surface area contributed by atoms with Gasteiger partial charge in [-0.05, 0) is 24.1 Å². The summed E-state index contributed by atoms with van der Waals surface area (Å²) in [6.45, 7) is 6.39. The Bertz CT molecular complexity index is 591. The van der Waals surface area contributed by atoms with Gasteiger partial charge in [0.25, 0.3) is 0 Å². The van der Waals surface area contributed by atoms with E-state index in [0.717, 1.165) is 38.3 Å². The molecule has 3 heteroatoms. The Morgan fingerprint density at radius 3 is 2.32 bits per heavy atom. The topological polar surface area (TPSA) is 26.7 Å². The minimum absolute atomic E-state index is 0.343. The lowest BCUT2D eigenvalue weighted by Gasteiger charge is -2.40. The van der Waals surface area contributed by atoms with Gasteiger partial charge in [-0.1, -0.05) is 43.3 Å². The Hall–Kier alpha value is -2.00. The van der Waals surface area contributed by atoms with E-state index in [1.807, 2.05) is 12.1 Å². The van der Waals surface area contributed by atoms with E-state index in [0.29, 0.717) is 11.8 Å². The van der Waals surface area contributed by atoms with Crippen LogP contribution < -0.4 is 4.90 Å². The molecule has 1 fully saturated rings. The molecule has 2 aromatic carbocycles. The number of hydrogen-bond donors (Lipinski definition) is 1. The average Bonchev–Trinajstić information content (AvgIpc) is 2.57. The number of anilines is 1. The Labute approximate surface area is 132 Å².